The summed E-state index contributed by atoms with van der Waals surface area (Å²) in [7, 11) is 2.00. The van der Waals surface area contributed by atoms with Crippen LogP contribution in [-0.2, 0) is 19.0 Å². The van der Waals surface area contributed by atoms with Gasteiger partial charge in [0.15, 0.2) is 0 Å². The molecule has 0 bridgehead atoms. The van der Waals surface area contributed by atoms with Crippen molar-refractivity contribution in [1.82, 2.24) is 15.1 Å². The largest absolute Gasteiger partial charge is 0.313 e. The summed E-state index contributed by atoms with van der Waals surface area (Å²) in [4.78, 5) is 0. The zero-order chi connectivity index (χ0) is 15.5. The van der Waals surface area contributed by atoms with Crippen molar-refractivity contribution in [3.63, 3.8) is 0 Å². The van der Waals surface area contributed by atoms with E-state index in [2.05, 4.69) is 63.5 Å². The molecule has 3 heteroatoms. The molecule has 0 spiro atoms. The second kappa shape index (κ2) is 6.44. The van der Waals surface area contributed by atoms with Crippen LogP contribution in [0, 0.1) is 0 Å². The predicted molar refractivity (Wildman–Crippen MR) is 89.3 cm³/mol. The Kier molecular flexibility index (Phi) is 4.84. The van der Waals surface area contributed by atoms with Crippen LogP contribution in [0.25, 0.3) is 11.1 Å². The molecule has 0 aliphatic carbocycles. The van der Waals surface area contributed by atoms with Crippen LogP contribution < -0.4 is 5.32 Å². The van der Waals surface area contributed by atoms with Crippen LogP contribution in [0.1, 0.15) is 45.4 Å². The van der Waals surface area contributed by atoms with Gasteiger partial charge in [-0.1, -0.05) is 52.0 Å². The first-order chi connectivity index (χ1) is 9.93. The molecule has 0 amide bonds. The third-order valence-corrected chi connectivity index (χ3v) is 3.59. The van der Waals surface area contributed by atoms with Crippen LogP contribution in [0.4, 0.5) is 0 Å². The average molecular weight is 285 g/mol. The number of aromatic nitrogens is 2. The smallest absolute Gasteiger partial charge is 0.0756 e. The SMILES string of the molecule is CCCNCc1ccccc1-c1cn(C)nc1C(C)(C)C. The molecule has 0 saturated carbocycles. The van der Waals surface area contributed by atoms with Crippen LogP contribution in [-0.4, -0.2) is 16.3 Å². The fourth-order valence-corrected chi connectivity index (χ4v) is 2.58. The molecule has 1 aromatic heterocycles. The quantitative estimate of drug-likeness (QED) is 0.845. The number of aryl methyl sites for hydroxylation is 1. The zero-order valence-electron chi connectivity index (χ0n) is 13.9. The van der Waals surface area contributed by atoms with Crippen molar-refractivity contribution >= 4 is 0 Å². The maximum absolute atomic E-state index is 4.69. The zero-order valence-corrected chi connectivity index (χ0v) is 13.9. The Morgan fingerprint density at radius 1 is 1.14 bits per heavy atom. The van der Waals surface area contributed by atoms with Crippen molar-refractivity contribution in [1.29, 1.82) is 0 Å². The molecule has 0 aliphatic heterocycles. The van der Waals surface area contributed by atoms with Crippen molar-refractivity contribution in [2.45, 2.75) is 46.1 Å². The lowest BCUT2D eigenvalue weighted by Gasteiger charge is -2.19. The molecule has 1 N–H and O–H groups in total. The molecule has 1 heterocycles. The molecule has 21 heavy (non-hydrogen) atoms. The molecular weight excluding hydrogens is 258 g/mol. The number of hydrogen-bond donors (Lipinski definition) is 1. The third kappa shape index (κ3) is 3.73. The summed E-state index contributed by atoms with van der Waals surface area (Å²) < 4.78 is 1.92. The summed E-state index contributed by atoms with van der Waals surface area (Å²) in [5.41, 5.74) is 5.08. The standard InChI is InChI=1S/C18H27N3/c1-6-11-19-12-14-9-7-8-10-15(14)16-13-21(5)20-17(16)18(2,3)4/h7-10,13,19H,6,11-12H2,1-5H3. The highest BCUT2D eigenvalue weighted by atomic mass is 15.3. The van der Waals surface area contributed by atoms with Crippen LogP contribution in [0.3, 0.4) is 0 Å². The molecule has 2 rings (SSSR count). The first-order valence-corrected chi connectivity index (χ1v) is 7.76. The minimum absolute atomic E-state index is 0.0422. The molecule has 0 radical (unpaired) electrons. The Bertz CT molecular complexity index is 591. The van der Waals surface area contributed by atoms with Gasteiger partial charge in [-0.25, -0.2) is 0 Å². The lowest BCUT2D eigenvalue weighted by atomic mass is 9.86. The molecule has 0 saturated heterocycles. The molecule has 2 aromatic rings. The fourth-order valence-electron chi connectivity index (χ4n) is 2.58. The van der Waals surface area contributed by atoms with E-state index in [4.69, 9.17) is 5.10 Å². The van der Waals surface area contributed by atoms with E-state index in [0.717, 1.165) is 25.2 Å². The molecule has 0 atom stereocenters. The second-order valence-corrected chi connectivity index (χ2v) is 6.65. The van der Waals surface area contributed by atoms with Gasteiger partial charge >= 0.3 is 0 Å². The number of benzene rings is 1. The average Bonchev–Trinajstić information content (AvgIpc) is 2.82. The first kappa shape index (κ1) is 15.8. The number of nitrogens with zero attached hydrogens (tertiary/aromatic N) is 2. The Hall–Kier alpha value is -1.61. The normalized spacial score (nSPS) is 11.9. The summed E-state index contributed by atoms with van der Waals surface area (Å²) in [5, 5.41) is 8.19. The number of nitrogens with one attached hydrogen (secondary N) is 1. The van der Waals surface area contributed by atoms with Crippen LogP contribution in [0.15, 0.2) is 30.5 Å². The van der Waals surface area contributed by atoms with Gasteiger partial charge in [0.1, 0.15) is 0 Å². The maximum Gasteiger partial charge on any atom is 0.0756 e. The molecular formula is C18H27N3. The van der Waals surface area contributed by atoms with E-state index < -0.39 is 0 Å². The third-order valence-electron chi connectivity index (χ3n) is 3.59. The van der Waals surface area contributed by atoms with E-state index in [0.29, 0.717) is 0 Å². The van der Waals surface area contributed by atoms with Crippen molar-refractivity contribution < 1.29 is 0 Å². The van der Waals surface area contributed by atoms with Gasteiger partial charge < -0.3 is 5.32 Å². The van der Waals surface area contributed by atoms with Crippen molar-refractivity contribution in [3.8, 4) is 11.1 Å². The van der Waals surface area contributed by atoms with Crippen LogP contribution in [0.2, 0.25) is 0 Å². The van der Waals surface area contributed by atoms with Gasteiger partial charge in [0.2, 0.25) is 0 Å². The fraction of sp³-hybridized carbons (Fsp3) is 0.500. The molecule has 0 unspecified atom stereocenters. The predicted octanol–water partition coefficient (Wildman–Crippen LogP) is 3.88. The first-order valence-electron chi connectivity index (χ1n) is 7.76. The minimum atomic E-state index is 0.0422. The molecule has 0 fully saturated rings. The monoisotopic (exact) mass is 285 g/mol. The number of rotatable bonds is 5. The van der Waals surface area contributed by atoms with E-state index in [9.17, 15) is 0 Å². The molecule has 0 aliphatic rings. The van der Waals surface area contributed by atoms with Crippen molar-refractivity contribution in [2.24, 2.45) is 7.05 Å². The topological polar surface area (TPSA) is 29.9 Å². The van der Waals surface area contributed by atoms with E-state index >= 15 is 0 Å². The van der Waals surface area contributed by atoms with Crippen LogP contribution >= 0.6 is 0 Å². The summed E-state index contributed by atoms with van der Waals surface area (Å²) in [6.45, 7) is 10.8. The Morgan fingerprint density at radius 2 is 1.86 bits per heavy atom. The number of hydrogen-bond acceptors (Lipinski definition) is 2. The van der Waals surface area contributed by atoms with Gasteiger partial charge in [0.25, 0.3) is 0 Å². The minimum Gasteiger partial charge on any atom is -0.313 e. The van der Waals surface area contributed by atoms with Gasteiger partial charge in [0, 0.05) is 30.8 Å². The molecule has 114 valence electrons. The van der Waals surface area contributed by atoms with E-state index in [1.54, 1.807) is 0 Å². The van der Waals surface area contributed by atoms with Gasteiger partial charge in [-0.05, 0) is 24.1 Å². The maximum atomic E-state index is 4.69. The van der Waals surface area contributed by atoms with Gasteiger partial charge in [0.05, 0.1) is 5.69 Å². The second-order valence-electron chi connectivity index (χ2n) is 6.65. The summed E-state index contributed by atoms with van der Waals surface area (Å²) in [6.07, 6.45) is 3.29. The molecule has 3 nitrogen and oxygen atoms in total. The van der Waals surface area contributed by atoms with Gasteiger partial charge in [-0.3, -0.25) is 4.68 Å². The lowest BCUT2D eigenvalue weighted by Crippen LogP contribution is -2.16. The van der Waals surface area contributed by atoms with Gasteiger partial charge in [-0.2, -0.15) is 5.10 Å². The highest BCUT2D eigenvalue weighted by Gasteiger charge is 2.23. The molecule has 1 aromatic carbocycles. The Morgan fingerprint density at radius 3 is 2.52 bits per heavy atom. The van der Waals surface area contributed by atoms with E-state index in [1.165, 1.54) is 16.7 Å². The van der Waals surface area contributed by atoms with Crippen LogP contribution in [0.5, 0.6) is 0 Å². The Balaban J connectivity index is 2.43. The summed E-state index contributed by atoms with van der Waals surface area (Å²) in [6, 6.07) is 8.63. The lowest BCUT2D eigenvalue weighted by molar-refractivity contribution is 0.554. The summed E-state index contributed by atoms with van der Waals surface area (Å²) >= 11 is 0. The van der Waals surface area contributed by atoms with E-state index in [1.807, 2.05) is 11.7 Å². The summed E-state index contributed by atoms with van der Waals surface area (Å²) in [5.74, 6) is 0. The highest BCUT2D eigenvalue weighted by molar-refractivity contribution is 5.70. The van der Waals surface area contributed by atoms with E-state index in [-0.39, 0.29) is 5.41 Å². The Labute approximate surface area is 128 Å². The van der Waals surface area contributed by atoms with Gasteiger partial charge in [-0.15, -0.1) is 0 Å². The van der Waals surface area contributed by atoms with Crippen molar-refractivity contribution in [2.75, 3.05) is 6.54 Å². The highest BCUT2D eigenvalue weighted by Crippen LogP contribution is 2.33. The van der Waals surface area contributed by atoms with Crippen molar-refractivity contribution in [3.05, 3.63) is 41.7 Å².